The van der Waals surface area contributed by atoms with Crippen LogP contribution in [0.25, 0.3) is 5.65 Å². The summed E-state index contributed by atoms with van der Waals surface area (Å²) in [7, 11) is -6.04. The highest BCUT2D eigenvalue weighted by molar-refractivity contribution is 7.93. The van der Waals surface area contributed by atoms with Gasteiger partial charge in [-0.1, -0.05) is 24.6 Å². The molecule has 27 heteroatoms. The predicted molar refractivity (Wildman–Crippen MR) is 209 cm³/mol. The molecule has 0 saturated heterocycles. The number of esters is 2. The first kappa shape index (κ1) is 47.9. The number of nitro groups is 1. The zero-order valence-corrected chi connectivity index (χ0v) is 35.0. The molecule has 21 nitrogen and oxygen atoms in total. The number of pyridine rings is 1. The second kappa shape index (κ2) is 19.7. The topological polar surface area (TPSA) is 276 Å². The number of nitrogens with one attached hydrogen (secondary N) is 2. The Labute approximate surface area is 354 Å². The van der Waals surface area contributed by atoms with Gasteiger partial charge in [0.15, 0.2) is 26.0 Å². The molecule has 62 heavy (non-hydrogen) atoms. The van der Waals surface area contributed by atoms with Crippen molar-refractivity contribution in [3.63, 3.8) is 0 Å². The lowest BCUT2D eigenvalue weighted by Crippen LogP contribution is -2.36. The monoisotopic (exact) mass is 931 g/mol. The van der Waals surface area contributed by atoms with Crippen LogP contribution < -0.4 is 24.2 Å². The summed E-state index contributed by atoms with van der Waals surface area (Å²) in [6, 6.07) is 9.98. The van der Waals surface area contributed by atoms with E-state index in [2.05, 4.69) is 20.3 Å². The first-order valence-corrected chi connectivity index (χ1v) is 20.8. The SMILES string of the molecule is CCOC(=O)C(C)OC(=O)c1cc(Oc2ccc(C(F)(F)F)cc2Cl)ccc1[N+](=O)[O-].CCS(=O)(=O)c1nc2ccccn2c1S(=O)(=O)NC(=O)Nc1nc(OC)cc(OC)n1. The van der Waals surface area contributed by atoms with Crippen molar-refractivity contribution >= 4 is 66.7 Å². The fourth-order valence-corrected chi connectivity index (χ4v) is 7.70. The molecule has 0 aliphatic heterocycles. The minimum absolute atomic E-state index is 0.0398. The fourth-order valence-electron chi connectivity index (χ4n) is 4.82. The van der Waals surface area contributed by atoms with Gasteiger partial charge < -0.3 is 23.7 Å². The lowest BCUT2D eigenvalue weighted by atomic mass is 10.1. The molecule has 332 valence electrons. The number of halogens is 4. The molecule has 0 spiro atoms. The van der Waals surface area contributed by atoms with E-state index in [1.165, 1.54) is 52.5 Å². The number of fused-ring (bicyclic) bond motifs is 1. The molecule has 5 aromatic rings. The fraction of sp³-hybridized carbons (Fsp3) is 0.257. The Morgan fingerprint density at radius 1 is 0.952 bits per heavy atom. The maximum atomic E-state index is 13.0. The largest absolute Gasteiger partial charge is 0.481 e. The third-order valence-electron chi connectivity index (χ3n) is 7.71. The maximum absolute atomic E-state index is 13.0. The van der Waals surface area contributed by atoms with Crippen molar-refractivity contribution < 1.29 is 73.0 Å². The molecule has 5 rings (SSSR count). The first-order chi connectivity index (χ1) is 29.0. The standard InChI is InChI=1S/C19H15ClF3NO7.C16H18N6O7S2/c1-3-29-17(25)10(2)30-18(26)13-9-12(5-6-15(13)24(27)28)31-16-7-4-11(8-14(16)20)19(21,22)23;1-4-30(24,25)13-14(22-8-6-5-7-10(22)17-13)31(26,27)21-16(23)20-15-18-11(28-2)9-12(19-15)29-3/h4-10H,3H2,1-2H3;5-9H,4H2,1-3H3,(H2,18,19,20,21,23). The second-order valence-electron chi connectivity index (χ2n) is 11.9. The number of hydrogen-bond acceptors (Lipinski definition) is 17. The van der Waals surface area contributed by atoms with Gasteiger partial charge in [-0.25, -0.2) is 32.5 Å². The number of aromatic nitrogens is 4. The maximum Gasteiger partial charge on any atom is 0.416 e. The molecule has 0 radical (unpaired) electrons. The third-order valence-corrected chi connectivity index (χ3v) is 11.1. The highest BCUT2D eigenvalue weighted by Gasteiger charge is 2.34. The molecule has 1 atom stereocenters. The highest BCUT2D eigenvalue weighted by Crippen LogP contribution is 2.37. The van der Waals surface area contributed by atoms with Crippen molar-refractivity contribution in [2.75, 3.05) is 31.9 Å². The number of sulfone groups is 1. The number of nitro benzene ring substituents is 1. The number of hydrogen-bond donors (Lipinski definition) is 2. The van der Waals surface area contributed by atoms with Gasteiger partial charge in [-0.15, -0.1) is 0 Å². The van der Waals surface area contributed by atoms with E-state index in [-0.39, 0.29) is 52.2 Å². The Kier molecular flexibility index (Phi) is 15.2. The van der Waals surface area contributed by atoms with E-state index in [9.17, 15) is 54.5 Å². The molecular formula is C35H33ClF3N7O14S2. The van der Waals surface area contributed by atoms with Crippen LogP contribution >= 0.6 is 11.6 Å². The van der Waals surface area contributed by atoms with E-state index in [4.69, 9.17) is 35.3 Å². The Morgan fingerprint density at radius 3 is 2.18 bits per heavy atom. The van der Waals surface area contributed by atoms with E-state index < -0.39 is 81.9 Å². The van der Waals surface area contributed by atoms with Crippen LogP contribution in [0.3, 0.4) is 0 Å². The van der Waals surface area contributed by atoms with Crippen molar-refractivity contribution in [2.24, 2.45) is 0 Å². The molecule has 1 unspecified atom stereocenters. The number of carbonyl (C=O) groups excluding carboxylic acids is 3. The number of alkyl halides is 3. The van der Waals surface area contributed by atoms with Gasteiger partial charge in [0, 0.05) is 18.3 Å². The average molecular weight is 932 g/mol. The number of nitrogens with zero attached hydrogens (tertiary/aromatic N) is 5. The van der Waals surface area contributed by atoms with Gasteiger partial charge in [0.05, 0.1) is 48.2 Å². The van der Waals surface area contributed by atoms with Crippen LogP contribution in [0.5, 0.6) is 23.3 Å². The van der Waals surface area contributed by atoms with E-state index in [1.807, 2.05) is 0 Å². The Morgan fingerprint density at radius 2 is 1.61 bits per heavy atom. The smallest absolute Gasteiger partial charge is 0.416 e. The number of urea groups is 1. The number of carbonyl (C=O) groups is 3. The van der Waals surface area contributed by atoms with Crippen LogP contribution in [0.2, 0.25) is 5.02 Å². The lowest BCUT2D eigenvalue weighted by molar-refractivity contribution is -0.385. The molecule has 3 aromatic heterocycles. The highest BCUT2D eigenvalue weighted by atomic mass is 35.5. The zero-order chi connectivity index (χ0) is 46.2. The molecule has 0 aliphatic carbocycles. The van der Waals surface area contributed by atoms with Gasteiger partial charge in [0.2, 0.25) is 17.7 Å². The van der Waals surface area contributed by atoms with E-state index in [1.54, 1.807) is 17.7 Å². The summed E-state index contributed by atoms with van der Waals surface area (Å²) < 4.78 is 117. The van der Waals surface area contributed by atoms with Crippen molar-refractivity contribution in [3.05, 3.63) is 93.1 Å². The quantitative estimate of drug-likeness (QED) is 0.0777. The summed E-state index contributed by atoms with van der Waals surface area (Å²) >= 11 is 5.83. The Hall–Kier alpha value is -6.80. The molecule has 2 aromatic carbocycles. The van der Waals surface area contributed by atoms with Crippen LogP contribution in [-0.2, 0) is 40.3 Å². The third kappa shape index (κ3) is 11.7. The summed E-state index contributed by atoms with van der Waals surface area (Å²) in [4.78, 5) is 58.4. The first-order valence-electron chi connectivity index (χ1n) is 17.3. The predicted octanol–water partition coefficient (Wildman–Crippen LogP) is 5.61. The zero-order valence-electron chi connectivity index (χ0n) is 32.6. The van der Waals surface area contributed by atoms with Gasteiger partial charge in [0.1, 0.15) is 22.7 Å². The molecular weight excluding hydrogens is 899 g/mol. The molecule has 0 fully saturated rings. The van der Waals surface area contributed by atoms with Crippen molar-refractivity contribution in [2.45, 2.75) is 43.1 Å². The number of anilines is 1. The summed E-state index contributed by atoms with van der Waals surface area (Å²) in [6.45, 7) is 4.16. The Bertz CT molecular complexity index is 2720. The number of sulfonamides is 1. The van der Waals surface area contributed by atoms with Crippen LogP contribution in [0.4, 0.5) is 29.6 Å². The number of amides is 2. The van der Waals surface area contributed by atoms with Crippen LogP contribution in [0.1, 0.15) is 36.7 Å². The summed E-state index contributed by atoms with van der Waals surface area (Å²) in [5.41, 5.74) is -2.09. The van der Waals surface area contributed by atoms with Crippen molar-refractivity contribution in [3.8, 4) is 23.3 Å². The molecule has 2 N–H and O–H groups in total. The Balaban J connectivity index is 0.000000273. The van der Waals surface area contributed by atoms with Gasteiger partial charge in [0.25, 0.3) is 15.7 Å². The minimum atomic E-state index is -4.68. The molecule has 0 aliphatic rings. The van der Waals surface area contributed by atoms with Crippen LogP contribution in [0, 0.1) is 10.1 Å². The van der Waals surface area contributed by atoms with Gasteiger partial charge >= 0.3 is 24.1 Å². The van der Waals surface area contributed by atoms with Gasteiger partial charge in [-0.2, -0.15) is 31.6 Å². The lowest BCUT2D eigenvalue weighted by Gasteiger charge is -2.13. The van der Waals surface area contributed by atoms with Crippen molar-refractivity contribution in [1.82, 2.24) is 24.1 Å². The van der Waals surface area contributed by atoms with Crippen LogP contribution in [-0.4, -0.2) is 91.8 Å². The van der Waals surface area contributed by atoms with E-state index in [0.717, 1.165) is 34.7 Å². The minimum Gasteiger partial charge on any atom is -0.481 e. The van der Waals surface area contributed by atoms with Gasteiger partial charge in [-0.05, 0) is 50.2 Å². The number of benzene rings is 2. The summed E-state index contributed by atoms with van der Waals surface area (Å²) in [5.74, 6) is -2.93. The average Bonchev–Trinajstić information content (AvgIpc) is 3.63. The molecule has 0 saturated carbocycles. The number of imidazole rings is 1. The summed E-state index contributed by atoms with van der Waals surface area (Å²) in [6.07, 6.45) is -4.62. The van der Waals surface area contributed by atoms with Crippen molar-refractivity contribution in [1.29, 1.82) is 0 Å². The number of rotatable bonds is 14. The molecule has 2 amide bonds. The number of methoxy groups -OCH3 is 2. The van der Waals surface area contributed by atoms with E-state index in [0.29, 0.717) is 6.07 Å². The second-order valence-corrected chi connectivity index (χ2v) is 16.1. The molecule has 0 bridgehead atoms. The molecule has 3 heterocycles. The van der Waals surface area contributed by atoms with Crippen LogP contribution in [0.15, 0.2) is 76.9 Å². The number of ether oxygens (including phenoxy) is 5. The summed E-state index contributed by atoms with van der Waals surface area (Å²) in [5, 5.41) is 11.7. The van der Waals surface area contributed by atoms with E-state index >= 15 is 0 Å². The normalized spacial score (nSPS) is 12.0. The van der Waals surface area contributed by atoms with Gasteiger partial charge in [-0.3, -0.25) is 19.8 Å².